The first-order valence-corrected chi connectivity index (χ1v) is 6.46. The molecule has 0 fully saturated rings. The van der Waals surface area contributed by atoms with E-state index in [2.05, 4.69) is 0 Å². The Morgan fingerprint density at radius 3 is 2.30 bits per heavy atom. The van der Waals surface area contributed by atoms with E-state index in [-0.39, 0.29) is 10.8 Å². The van der Waals surface area contributed by atoms with Crippen LogP contribution in [0.5, 0.6) is 5.75 Å². The molecule has 2 rings (SSSR count). The molecule has 0 spiro atoms. The van der Waals surface area contributed by atoms with Crippen LogP contribution < -0.4 is 4.74 Å². The van der Waals surface area contributed by atoms with Crippen molar-refractivity contribution in [1.29, 1.82) is 0 Å². The first kappa shape index (κ1) is 14.1. The Morgan fingerprint density at radius 1 is 1.05 bits per heavy atom. The zero-order valence-electron chi connectivity index (χ0n) is 11.5. The van der Waals surface area contributed by atoms with Crippen LogP contribution in [0.3, 0.4) is 0 Å². The Kier molecular flexibility index (Phi) is 4.35. The van der Waals surface area contributed by atoms with Gasteiger partial charge in [0.05, 0.1) is 13.0 Å². The first-order chi connectivity index (χ1) is 9.63. The predicted molar refractivity (Wildman–Crippen MR) is 77.7 cm³/mol. The van der Waals surface area contributed by atoms with Crippen LogP contribution in [0, 0.1) is 10.1 Å². The Bertz CT molecular complexity index is 583. The quantitative estimate of drug-likeness (QED) is 0.618. The number of nitro groups is 1. The number of benzene rings is 2. The number of rotatable bonds is 5. The van der Waals surface area contributed by atoms with Gasteiger partial charge in [0.2, 0.25) is 6.04 Å². The van der Waals surface area contributed by atoms with E-state index in [1.54, 1.807) is 14.0 Å². The summed E-state index contributed by atoms with van der Waals surface area (Å²) in [7, 11) is 1.59. The minimum absolute atomic E-state index is 0.239. The van der Waals surface area contributed by atoms with Crippen LogP contribution >= 0.6 is 0 Å². The number of hydrogen-bond acceptors (Lipinski definition) is 3. The fourth-order valence-electron chi connectivity index (χ4n) is 2.37. The Morgan fingerprint density at radius 2 is 1.70 bits per heavy atom. The van der Waals surface area contributed by atoms with Gasteiger partial charge in [-0.2, -0.15) is 0 Å². The van der Waals surface area contributed by atoms with Gasteiger partial charge in [-0.15, -0.1) is 0 Å². The molecule has 0 aliphatic rings. The highest BCUT2D eigenvalue weighted by atomic mass is 16.6. The standard InChI is InChI=1S/C16H17NO3/c1-12(17(18)19)16(13-7-4-3-5-8-13)14-9-6-10-15(11-14)20-2/h3-12,16H,1-2H3. The normalized spacial score (nSPS) is 13.5. The molecule has 0 aliphatic carbocycles. The minimum atomic E-state index is -0.704. The molecule has 2 unspecified atom stereocenters. The molecule has 0 aliphatic heterocycles. The third kappa shape index (κ3) is 2.96. The molecular weight excluding hydrogens is 254 g/mol. The summed E-state index contributed by atoms with van der Waals surface area (Å²) in [5.74, 6) is 0.417. The van der Waals surface area contributed by atoms with Crippen molar-refractivity contribution in [2.45, 2.75) is 18.9 Å². The molecule has 2 atom stereocenters. The Labute approximate surface area is 118 Å². The van der Waals surface area contributed by atoms with Crippen LogP contribution in [0.4, 0.5) is 0 Å². The number of methoxy groups -OCH3 is 1. The van der Waals surface area contributed by atoms with Crippen LogP contribution in [0.2, 0.25) is 0 Å². The molecule has 0 saturated heterocycles. The van der Waals surface area contributed by atoms with Crippen molar-refractivity contribution in [3.63, 3.8) is 0 Å². The molecule has 2 aromatic rings. The summed E-state index contributed by atoms with van der Waals surface area (Å²) in [5, 5.41) is 11.2. The van der Waals surface area contributed by atoms with Gasteiger partial charge >= 0.3 is 0 Å². The van der Waals surface area contributed by atoms with Crippen molar-refractivity contribution in [2.75, 3.05) is 7.11 Å². The molecule has 0 N–H and O–H groups in total. The van der Waals surface area contributed by atoms with Gasteiger partial charge in [-0.25, -0.2) is 0 Å². The van der Waals surface area contributed by atoms with Crippen LogP contribution in [0.15, 0.2) is 54.6 Å². The van der Waals surface area contributed by atoms with E-state index in [1.807, 2.05) is 54.6 Å². The zero-order valence-corrected chi connectivity index (χ0v) is 11.5. The average molecular weight is 271 g/mol. The van der Waals surface area contributed by atoms with E-state index in [9.17, 15) is 10.1 Å². The fourth-order valence-corrected chi connectivity index (χ4v) is 2.37. The summed E-state index contributed by atoms with van der Waals surface area (Å²) >= 11 is 0. The van der Waals surface area contributed by atoms with Gasteiger partial charge < -0.3 is 4.74 Å². The summed E-state index contributed by atoms with van der Waals surface area (Å²) in [4.78, 5) is 11.0. The average Bonchev–Trinajstić information content (AvgIpc) is 2.48. The van der Waals surface area contributed by atoms with E-state index >= 15 is 0 Å². The third-order valence-electron chi connectivity index (χ3n) is 3.43. The molecule has 0 aromatic heterocycles. The van der Waals surface area contributed by atoms with Crippen LogP contribution in [-0.4, -0.2) is 18.1 Å². The molecule has 0 heterocycles. The van der Waals surface area contributed by atoms with Gasteiger partial charge in [-0.05, 0) is 23.3 Å². The predicted octanol–water partition coefficient (Wildman–Crippen LogP) is 3.49. The molecule has 0 amide bonds. The molecular formula is C16H17NO3. The molecule has 0 bridgehead atoms. The molecule has 20 heavy (non-hydrogen) atoms. The SMILES string of the molecule is COc1cccc(C(c2ccccc2)C(C)[N+](=O)[O-])c1. The monoisotopic (exact) mass is 271 g/mol. The topological polar surface area (TPSA) is 52.4 Å². The van der Waals surface area contributed by atoms with Gasteiger partial charge in [0, 0.05) is 11.8 Å². The smallest absolute Gasteiger partial charge is 0.221 e. The molecule has 4 nitrogen and oxygen atoms in total. The van der Waals surface area contributed by atoms with Crippen LogP contribution in [0.25, 0.3) is 0 Å². The Hall–Kier alpha value is -2.36. The van der Waals surface area contributed by atoms with Crippen molar-refractivity contribution in [3.8, 4) is 5.75 Å². The summed E-state index contributed by atoms with van der Waals surface area (Å²) in [6, 6.07) is 16.3. The maximum atomic E-state index is 11.2. The molecule has 0 saturated carbocycles. The Balaban J connectivity index is 2.48. The van der Waals surface area contributed by atoms with Crippen LogP contribution in [-0.2, 0) is 0 Å². The van der Waals surface area contributed by atoms with E-state index in [0.29, 0.717) is 5.75 Å². The molecule has 2 aromatic carbocycles. The van der Waals surface area contributed by atoms with Crippen molar-refractivity contribution < 1.29 is 9.66 Å². The maximum Gasteiger partial charge on any atom is 0.221 e. The van der Waals surface area contributed by atoms with Crippen molar-refractivity contribution in [3.05, 3.63) is 75.8 Å². The second-order valence-corrected chi connectivity index (χ2v) is 4.69. The molecule has 4 heteroatoms. The fraction of sp³-hybridized carbons (Fsp3) is 0.250. The summed E-state index contributed by atoms with van der Waals surface area (Å²) in [6.45, 7) is 1.64. The highest BCUT2D eigenvalue weighted by molar-refractivity contribution is 5.38. The lowest BCUT2D eigenvalue weighted by Gasteiger charge is -2.19. The van der Waals surface area contributed by atoms with Crippen LogP contribution in [0.1, 0.15) is 24.0 Å². The highest BCUT2D eigenvalue weighted by Gasteiger charge is 2.29. The summed E-state index contributed by atoms with van der Waals surface area (Å²) in [6.07, 6.45) is 0. The number of ether oxygens (including phenoxy) is 1. The highest BCUT2D eigenvalue weighted by Crippen LogP contribution is 2.31. The van der Waals surface area contributed by atoms with E-state index in [0.717, 1.165) is 11.1 Å². The molecule has 0 radical (unpaired) electrons. The lowest BCUT2D eigenvalue weighted by atomic mass is 9.86. The van der Waals surface area contributed by atoms with Crippen molar-refractivity contribution in [1.82, 2.24) is 0 Å². The van der Waals surface area contributed by atoms with Gasteiger partial charge in [0.1, 0.15) is 5.75 Å². The lowest BCUT2D eigenvalue weighted by Crippen LogP contribution is -2.25. The molecule has 104 valence electrons. The van der Waals surface area contributed by atoms with Gasteiger partial charge in [0.25, 0.3) is 0 Å². The number of hydrogen-bond donors (Lipinski definition) is 0. The van der Waals surface area contributed by atoms with E-state index in [4.69, 9.17) is 4.74 Å². The lowest BCUT2D eigenvalue weighted by molar-refractivity contribution is -0.520. The van der Waals surface area contributed by atoms with Crippen molar-refractivity contribution >= 4 is 0 Å². The van der Waals surface area contributed by atoms with Crippen molar-refractivity contribution in [2.24, 2.45) is 0 Å². The minimum Gasteiger partial charge on any atom is -0.497 e. The largest absolute Gasteiger partial charge is 0.497 e. The third-order valence-corrected chi connectivity index (χ3v) is 3.43. The summed E-state index contributed by atoms with van der Waals surface area (Å²) in [5.41, 5.74) is 1.82. The second kappa shape index (κ2) is 6.19. The van der Waals surface area contributed by atoms with E-state index in [1.165, 1.54) is 0 Å². The number of nitrogens with zero attached hydrogens (tertiary/aromatic N) is 1. The van der Waals surface area contributed by atoms with Gasteiger partial charge in [0.15, 0.2) is 0 Å². The van der Waals surface area contributed by atoms with E-state index < -0.39 is 6.04 Å². The zero-order chi connectivity index (χ0) is 14.5. The van der Waals surface area contributed by atoms with Gasteiger partial charge in [-0.3, -0.25) is 10.1 Å². The van der Waals surface area contributed by atoms with Gasteiger partial charge in [-0.1, -0.05) is 42.5 Å². The summed E-state index contributed by atoms with van der Waals surface area (Å²) < 4.78 is 5.21. The second-order valence-electron chi connectivity index (χ2n) is 4.69. The first-order valence-electron chi connectivity index (χ1n) is 6.46. The maximum absolute atomic E-state index is 11.2.